The molecular weight excluding hydrogens is 244 g/mol. The van der Waals surface area contributed by atoms with Gasteiger partial charge in [-0.05, 0) is 25.1 Å². The Morgan fingerprint density at radius 1 is 1.58 bits per heavy atom. The molecular formula is C14H16N2O3. The molecule has 1 saturated heterocycles. The fourth-order valence-corrected chi connectivity index (χ4v) is 2.25. The highest BCUT2D eigenvalue weighted by Gasteiger charge is 2.34. The predicted octanol–water partition coefficient (Wildman–Crippen LogP) is 0.780. The highest BCUT2D eigenvalue weighted by molar-refractivity contribution is 5.94. The van der Waals surface area contributed by atoms with Crippen molar-refractivity contribution in [3.63, 3.8) is 0 Å². The molecule has 0 aliphatic carbocycles. The van der Waals surface area contributed by atoms with Gasteiger partial charge in [-0.25, -0.2) is 0 Å². The van der Waals surface area contributed by atoms with Crippen molar-refractivity contribution in [1.82, 2.24) is 4.90 Å². The van der Waals surface area contributed by atoms with E-state index in [2.05, 4.69) is 0 Å². The van der Waals surface area contributed by atoms with Crippen LogP contribution in [-0.2, 0) is 4.74 Å². The standard InChI is InChI=1S/C14H16N2O3/c1-2-16(12-8-19-9-13(12)17)14(18)11-5-3-4-10(6-11)7-15/h3-6,12-13,17H,2,8-9H2,1H3/t12-,13-/m1/s1. The molecule has 1 N–H and O–H groups in total. The van der Waals surface area contributed by atoms with Crippen LogP contribution < -0.4 is 0 Å². The Bertz CT molecular complexity index is 510. The summed E-state index contributed by atoms with van der Waals surface area (Å²) in [6.45, 7) is 2.95. The average Bonchev–Trinajstić information content (AvgIpc) is 2.86. The minimum absolute atomic E-state index is 0.186. The van der Waals surface area contributed by atoms with Gasteiger partial charge in [0.05, 0.1) is 37.0 Å². The van der Waals surface area contributed by atoms with Gasteiger partial charge >= 0.3 is 0 Å². The number of aliphatic hydroxyl groups excluding tert-OH is 1. The minimum Gasteiger partial charge on any atom is -0.388 e. The summed E-state index contributed by atoms with van der Waals surface area (Å²) in [6.07, 6.45) is -0.650. The highest BCUT2D eigenvalue weighted by atomic mass is 16.5. The molecule has 1 aliphatic rings. The van der Waals surface area contributed by atoms with Gasteiger partial charge in [-0.2, -0.15) is 5.26 Å². The van der Waals surface area contributed by atoms with E-state index in [9.17, 15) is 9.90 Å². The first kappa shape index (κ1) is 13.5. The van der Waals surface area contributed by atoms with Crippen LogP contribution in [0.3, 0.4) is 0 Å². The molecule has 0 aromatic heterocycles. The zero-order valence-corrected chi connectivity index (χ0v) is 10.7. The third kappa shape index (κ3) is 2.75. The van der Waals surface area contributed by atoms with Gasteiger partial charge in [0.25, 0.3) is 5.91 Å². The van der Waals surface area contributed by atoms with E-state index in [0.717, 1.165) is 0 Å². The Hall–Kier alpha value is -1.90. The molecule has 1 aliphatic heterocycles. The number of hydrogen-bond acceptors (Lipinski definition) is 4. The van der Waals surface area contributed by atoms with Crippen LogP contribution in [0.15, 0.2) is 24.3 Å². The summed E-state index contributed by atoms with van der Waals surface area (Å²) in [6, 6.07) is 8.27. The molecule has 2 rings (SSSR count). The Morgan fingerprint density at radius 2 is 2.37 bits per heavy atom. The SMILES string of the molecule is CCN(C(=O)c1cccc(C#N)c1)[C@@H]1COC[C@H]1O. The van der Waals surface area contributed by atoms with E-state index < -0.39 is 6.10 Å². The normalized spacial score (nSPS) is 21.9. The van der Waals surface area contributed by atoms with Crippen LogP contribution in [0, 0.1) is 11.3 Å². The minimum atomic E-state index is -0.650. The highest BCUT2D eigenvalue weighted by Crippen LogP contribution is 2.17. The molecule has 0 saturated carbocycles. The van der Waals surface area contributed by atoms with Crippen LogP contribution in [0.4, 0.5) is 0 Å². The second-order valence-corrected chi connectivity index (χ2v) is 4.46. The molecule has 100 valence electrons. The molecule has 1 amide bonds. The van der Waals surface area contributed by atoms with Crippen LogP contribution in [0.2, 0.25) is 0 Å². The number of likely N-dealkylation sites (N-methyl/N-ethyl adjacent to an activating group) is 1. The Labute approximate surface area is 112 Å². The number of ether oxygens (including phenoxy) is 1. The molecule has 0 bridgehead atoms. The zero-order chi connectivity index (χ0) is 13.8. The average molecular weight is 260 g/mol. The number of aliphatic hydroxyl groups is 1. The zero-order valence-electron chi connectivity index (χ0n) is 10.7. The Morgan fingerprint density at radius 3 is 2.95 bits per heavy atom. The number of carbonyl (C=O) groups excluding carboxylic acids is 1. The summed E-state index contributed by atoms with van der Waals surface area (Å²) in [4.78, 5) is 14.0. The van der Waals surface area contributed by atoms with Gasteiger partial charge in [0.15, 0.2) is 0 Å². The second-order valence-electron chi connectivity index (χ2n) is 4.46. The summed E-state index contributed by atoms with van der Waals surface area (Å²) in [5, 5.41) is 18.7. The lowest BCUT2D eigenvalue weighted by atomic mass is 10.1. The lowest BCUT2D eigenvalue weighted by molar-refractivity contribution is 0.0520. The van der Waals surface area contributed by atoms with Crippen LogP contribution in [-0.4, -0.2) is 47.8 Å². The largest absolute Gasteiger partial charge is 0.388 e. The number of nitriles is 1. The molecule has 19 heavy (non-hydrogen) atoms. The number of carbonyl (C=O) groups is 1. The molecule has 1 fully saturated rings. The van der Waals surface area contributed by atoms with Crippen molar-refractivity contribution < 1.29 is 14.6 Å². The summed E-state index contributed by atoms with van der Waals surface area (Å²) >= 11 is 0. The summed E-state index contributed by atoms with van der Waals surface area (Å²) in [7, 11) is 0. The number of rotatable bonds is 3. The molecule has 5 nitrogen and oxygen atoms in total. The van der Waals surface area contributed by atoms with Crippen molar-refractivity contribution in [1.29, 1.82) is 5.26 Å². The van der Waals surface area contributed by atoms with E-state index >= 15 is 0 Å². The van der Waals surface area contributed by atoms with Crippen molar-refractivity contribution in [2.75, 3.05) is 19.8 Å². The van der Waals surface area contributed by atoms with Gasteiger partial charge in [-0.15, -0.1) is 0 Å². The van der Waals surface area contributed by atoms with Crippen molar-refractivity contribution in [2.45, 2.75) is 19.1 Å². The summed E-state index contributed by atoms with van der Waals surface area (Å²) in [5.41, 5.74) is 0.908. The van der Waals surface area contributed by atoms with Gasteiger partial charge in [0, 0.05) is 12.1 Å². The maximum Gasteiger partial charge on any atom is 0.254 e. The summed E-state index contributed by atoms with van der Waals surface area (Å²) < 4.78 is 5.19. The second kappa shape index (κ2) is 5.83. The van der Waals surface area contributed by atoms with E-state index in [1.54, 1.807) is 29.2 Å². The predicted molar refractivity (Wildman–Crippen MR) is 68.5 cm³/mol. The van der Waals surface area contributed by atoms with Crippen molar-refractivity contribution in [3.8, 4) is 6.07 Å². The van der Waals surface area contributed by atoms with E-state index in [1.807, 2.05) is 13.0 Å². The molecule has 2 atom stereocenters. The topological polar surface area (TPSA) is 73.6 Å². The van der Waals surface area contributed by atoms with Crippen molar-refractivity contribution in [3.05, 3.63) is 35.4 Å². The third-order valence-electron chi connectivity index (χ3n) is 3.26. The molecule has 0 spiro atoms. The van der Waals surface area contributed by atoms with Gasteiger partial charge in [-0.3, -0.25) is 4.79 Å². The molecule has 0 unspecified atom stereocenters. The van der Waals surface area contributed by atoms with Crippen LogP contribution in [0.5, 0.6) is 0 Å². The fourth-order valence-electron chi connectivity index (χ4n) is 2.25. The first-order valence-corrected chi connectivity index (χ1v) is 6.24. The lowest BCUT2D eigenvalue weighted by Crippen LogP contribution is -2.46. The van der Waals surface area contributed by atoms with Gasteiger partial charge in [0.1, 0.15) is 0 Å². The van der Waals surface area contributed by atoms with Gasteiger partial charge < -0.3 is 14.7 Å². The monoisotopic (exact) mass is 260 g/mol. The first-order valence-electron chi connectivity index (χ1n) is 6.24. The van der Waals surface area contributed by atoms with Crippen molar-refractivity contribution in [2.24, 2.45) is 0 Å². The van der Waals surface area contributed by atoms with Gasteiger partial charge in [-0.1, -0.05) is 6.07 Å². The number of amides is 1. The maximum absolute atomic E-state index is 12.4. The third-order valence-corrected chi connectivity index (χ3v) is 3.26. The van der Waals surface area contributed by atoms with Crippen LogP contribution in [0.1, 0.15) is 22.8 Å². The molecule has 5 heteroatoms. The Kier molecular flexibility index (Phi) is 4.15. The molecule has 1 aromatic carbocycles. The lowest BCUT2D eigenvalue weighted by Gasteiger charge is -2.28. The smallest absolute Gasteiger partial charge is 0.254 e. The fraction of sp³-hybridized carbons (Fsp3) is 0.429. The number of hydrogen-bond donors (Lipinski definition) is 1. The number of benzene rings is 1. The van der Waals surface area contributed by atoms with E-state index in [0.29, 0.717) is 24.3 Å². The molecule has 1 aromatic rings. The quantitative estimate of drug-likeness (QED) is 0.871. The summed E-state index contributed by atoms with van der Waals surface area (Å²) in [5.74, 6) is -0.186. The molecule has 0 radical (unpaired) electrons. The number of nitrogens with zero attached hydrogens (tertiary/aromatic N) is 2. The maximum atomic E-state index is 12.4. The van der Waals surface area contributed by atoms with Gasteiger partial charge in [0.2, 0.25) is 0 Å². The Balaban J connectivity index is 2.23. The van der Waals surface area contributed by atoms with Crippen LogP contribution in [0.25, 0.3) is 0 Å². The van der Waals surface area contributed by atoms with E-state index in [-0.39, 0.29) is 18.6 Å². The van der Waals surface area contributed by atoms with E-state index in [1.165, 1.54) is 0 Å². The van der Waals surface area contributed by atoms with Crippen LogP contribution >= 0.6 is 0 Å². The van der Waals surface area contributed by atoms with E-state index in [4.69, 9.17) is 10.00 Å². The van der Waals surface area contributed by atoms with Crippen molar-refractivity contribution >= 4 is 5.91 Å². The molecule has 1 heterocycles. The first-order chi connectivity index (χ1) is 9.17.